The van der Waals surface area contributed by atoms with Gasteiger partial charge in [0.05, 0.1) is 6.54 Å². The van der Waals surface area contributed by atoms with E-state index in [1.54, 1.807) is 4.90 Å². The lowest BCUT2D eigenvalue weighted by Gasteiger charge is -2.22. The van der Waals surface area contributed by atoms with E-state index < -0.39 is 0 Å². The highest BCUT2D eigenvalue weighted by Gasteiger charge is 2.18. The normalized spacial score (nSPS) is 12.3. The molecule has 0 bridgehead atoms. The molecule has 0 aliphatic carbocycles. The highest BCUT2D eigenvalue weighted by atomic mass is 16.2. The maximum Gasteiger partial charge on any atom is 0.239 e. The molecule has 3 N–H and O–H groups in total. The van der Waals surface area contributed by atoms with Crippen molar-refractivity contribution in [2.75, 3.05) is 13.1 Å². The summed E-state index contributed by atoms with van der Waals surface area (Å²) < 4.78 is 0. The van der Waals surface area contributed by atoms with Crippen LogP contribution in [-0.4, -0.2) is 41.9 Å². The van der Waals surface area contributed by atoms with Gasteiger partial charge in [0, 0.05) is 25.0 Å². The third-order valence-corrected chi connectivity index (χ3v) is 2.61. The molecule has 0 aromatic carbocycles. The predicted molar refractivity (Wildman–Crippen MR) is 73.0 cm³/mol. The Balaban J connectivity index is 4.22. The minimum atomic E-state index is -0.121. The maximum absolute atomic E-state index is 11.9. The Hall–Kier alpha value is -1.10. The first-order valence-electron chi connectivity index (χ1n) is 6.73. The summed E-state index contributed by atoms with van der Waals surface area (Å²) in [7, 11) is 0. The Morgan fingerprint density at radius 3 is 2.33 bits per heavy atom. The Labute approximate surface area is 110 Å². The van der Waals surface area contributed by atoms with Crippen molar-refractivity contribution in [2.24, 2.45) is 5.73 Å². The molecule has 106 valence electrons. The summed E-state index contributed by atoms with van der Waals surface area (Å²) in [6, 6.07) is -0.0154. The van der Waals surface area contributed by atoms with Crippen LogP contribution in [-0.2, 0) is 9.59 Å². The van der Waals surface area contributed by atoms with Crippen molar-refractivity contribution >= 4 is 11.8 Å². The van der Waals surface area contributed by atoms with Gasteiger partial charge in [0.15, 0.2) is 0 Å². The monoisotopic (exact) mass is 257 g/mol. The zero-order valence-electron chi connectivity index (χ0n) is 12.0. The zero-order chi connectivity index (χ0) is 14.1. The summed E-state index contributed by atoms with van der Waals surface area (Å²) >= 11 is 0. The number of nitrogens with one attached hydrogen (secondary N) is 1. The lowest BCUT2D eigenvalue weighted by molar-refractivity contribution is -0.136. The van der Waals surface area contributed by atoms with Crippen LogP contribution in [0, 0.1) is 0 Å². The van der Waals surface area contributed by atoms with Crippen LogP contribution < -0.4 is 11.1 Å². The second-order valence-corrected chi connectivity index (χ2v) is 4.88. The first kappa shape index (κ1) is 16.9. The fourth-order valence-electron chi connectivity index (χ4n) is 1.74. The first-order valence-corrected chi connectivity index (χ1v) is 6.73. The lowest BCUT2D eigenvalue weighted by Crippen LogP contribution is -2.44. The van der Waals surface area contributed by atoms with E-state index in [1.807, 2.05) is 27.7 Å². The number of hydrogen-bond acceptors (Lipinski definition) is 3. The molecule has 0 saturated carbocycles. The number of likely N-dealkylation sites (N-methyl/N-ethyl adjacent to an activating group) is 1. The molecule has 18 heavy (non-hydrogen) atoms. The number of carbonyl (C=O) groups is 2. The highest BCUT2D eigenvalue weighted by Crippen LogP contribution is 2.02. The van der Waals surface area contributed by atoms with Crippen LogP contribution in [0.5, 0.6) is 0 Å². The molecular formula is C13H27N3O2. The van der Waals surface area contributed by atoms with Crippen molar-refractivity contribution in [3.05, 3.63) is 0 Å². The van der Waals surface area contributed by atoms with Crippen molar-refractivity contribution in [3.8, 4) is 0 Å². The average molecular weight is 257 g/mol. The quantitative estimate of drug-likeness (QED) is 0.677. The highest BCUT2D eigenvalue weighted by molar-refractivity contribution is 5.85. The van der Waals surface area contributed by atoms with E-state index in [4.69, 9.17) is 5.73 Å². The van der Waals surface area contributed by atoms with Gasteiger partial charge >= 0.3 is 0 Å². The number of nitrogens with two attached hydrogens (primary N) is 1. The second kappa shape index (κ2) is 8.91. The Kier molecular flexibility index (Phi) is 8.37. The Morgan fingerprint density at radius 1 is 1.28 bits per heavy atom. The van der Waals surface area contributed by atoms with Gasteiger partial charge in [-0.15, -0.1) is 0 Å². The molecule has 1 unspecified atom stereocenters. The standard InChI is InChI=1S/C13H27N3O2/c1-5-7-11(14)8-13(18)16(6-2)9-12(17)15-10(3)4/h10-11H,5-9,14H2,1-4H3,(H,15,17). The van der Waals surface area contributed by atoms with Gasteiger partial charge < -0.3 is 16.0 Å². The van der Waals surface area contributed by atoms with Gasteiger partial charge in [-0.3, -0.25) is 9.59 Å². The number of carbonyl (C=O) groups excluding carboxylic acids is 2. The molecule has 5 heteroatoms. The van der Waals surface area contributed by atoms with Crippen LogP contribution in [0.3, 0.4) is 0 Å². The predicted octanol–water partition coefficient (Wildman–Crippen LogP) is 0.877. The van der Waals surface area contributed by atoms with Crippen LogP contribution in [0.2, 0.25) is 0 Å². The molecule has 0 saturated heterocycles. The number of rotatable bonds is 8. The van der Waals surface area contributed by atoms with E-state index in [2.05, 4.69) is 5.32 Å². The van der Waals surface area contributed by atoms with Crippen molar-refractivity contribution in [1.29, 1.82) is 0 Å². The molecule has 2 amide bonds. The molecule has 0 aliphatic rings. The van der Waals surface area contributed by atoms with Gasteiger partial charge in [-0.05, 0) is 27.2 Å². The van der Waals surface area contributed by atoms with Crippen LogP contribution in [0.25, 0.3) is 0 Å². The number of amides is 2. The topological polar surface area (TPSA) is 75.4 Å². The zero-order valence-corrected chi connectivity index (χ0v) is 12.0. The largest absolute Gasteiger partial charge is 0.352 e. The van der Waals surface area contributed by atoms with Crippen molar-refractivity contribution in [2.45, 2.75) is 59.0 Å². The lowest BCUT2D eigenvalue weighted by atomic mass is 10.1. The molecule has 0 aromatic rings. The minimum absolute atomic E-state index is 0.0441. The Morgan fingerprint density at radius 2 is 1.89 bits per heavy atom. The van der Waals surface area contributed by atoms with Crippen molar-refractivity contribution in [1.82, 2.24) is 10.2 Å². The van der Waals surface area contributed by atoms with Crippen LogP contribution >= 0.6 is 0 Å². The van der Waals surface area contributed by atoms with Crippen LogP contribution in [0.1, 0.15) is 47.0 Å². The molecule has 0 aliphatic heterocycles. The summed E-state index contributed by atoms with van der Waals surface area (Å²) in [5, 5.41) is 2.78. The summed E-state index contributed by atoms with van der Waals surface area (Å²) in [4.78, 5) is 25.1. The second-order valence-electron chi connectivity index (χ2n) is 4.88. The van der Waals surface area contributed by atoms with Crippen LogP contribution in [0.4, 0.5) is 0 Å². The maximum atomic E-state index is 11.9. The van der Waals surface area contributed by atoms with E-state index in [1.165, 1.54) is 0 Å². The van der Waals surface area contributed by atoms with Gasteiger partial charge in [0.25, 0.3) is 0 Å². The van der Waals surface area contributed by atoms with E-state index >= 15 is 0 Å². The molecule has 0 spiro atoms. The number of nitrogens with zero attached hydrogens (tertiary/aromatic N) is 1. The van der Waals surface area contributed by atoms with Gasteiger partial charge in [0.2, 0.25) is 11.8 Å². The summed E-state index contributed by atoms with van der Waals surface area (Å²) in [5.41, 5.74) is 5.84. The van der Waals surface area contributed by atoms with Gasteiger partial charge in [-0.1, -0.05) is 13.3 Å². The molecule has 0 heterocycles. The average Bonchev–Trinajstić information content (AvgIpc) is 2.24. The van der Waals surface area contributed by atoms with Crippen molar-refractivity contribution < 1.29 is 9.59 Å². The van der Waals surface area contributed by atoms with Gasteiger partial charge in [-0.2, -0.15) is 0 Å². The molecule has 5 nitrogen and oxygen atoms in total. The molecular weight excluding hydrogens is 230 g/mol. The van der Waals surface area contributed by atoms with E-state index in [0.717, 1.165) is 12.8 Å². The fraction of sp³-hybridized carbons (Fsp3) is 0.846. The minimum Gasteiger partial charge on any atom is -0.352 e. The Bertz CT molecular complexity index is 267. The SMILES string of the molecule is CCCC(N)CC(=O)N(CC)CC(=O)NC(C)C. The summed E-state index contributed by atoms with van der Waals surface area (Å²) in [5.74, 6) is -0.165. The summed E-state index contributed by atoms with van der Waals surface area (Å²) in [6.45, 7) is 8.35. The first-order chi connectivity index (χ1) is 8.40. The van der Waals surface area contributed by atoms with Gasteiger partial charge in [0.1, 0.15) is 0 Å². The van der Waals surface area contributed by atoms with E-state index in [-0.39, 0.29) is 30.4 Å². The van der Waals surface area contributed by atoms with Crippen molar-refractivity contribution in [3.63, 3.8) is 0 Å². The van der Waals surface area contributed by atoms with Gasteiger partial charge in [-0.25, -0.2) is 0 Å². The molecule has 0 fully saturated rings. The number of hydrogen-bond donors (Lipinski definition) is 2. The molecule has 1 atom stereocenters. The van der Waals surface area contributed by atoms with E-state index in [0.29, 0.717) is 13.0 Å². The molecule has 0 aromatic heterocycles. The summed E-state index contributed by atoms with van der Waals surface area (Å²) in [6.07, 6.45) is 2.12. The van der Waals surface area contributed by atoms with E-state index in [9.17, 15) is 9.59 Å². The fourth-order valence-corrected chi connectivity index (χ4v) is 1.74. The molecule has 0 radical (unpaired) electrons. The third-order valence-electron chi connectivity index (χ3n) is 2.61. The third kappa shape index (κ3) is 7.27. The van der Waals surface area contributed by atoms with Crippen LogP contribution in [0.15, 0.2) is 0 Å². The molecule has 0 rings (SSSR count). The smallest absolute Gasteiger partial charge is 0.239 e.